The van der Waals surface area contributed by atoms with Crippen LogP contribution in [0.25, 0.3) is 10.9 Å². The fourth-order valence-corrected chi connectivity index (χ4v) is 2.79. The summed E-state index contributed by atoms with van der Waals surface area (Å²) in [5, 5.41) is 22.0. The molecular weight excluding hydrogens is 324 g/mol. The van der Waals surface area contributed by atoms with Crippen molar-refractivity contribution in [2.75, 3.05) is 5.32 Å². The van der Waals surface area contributed by atoms with Crippen LogP contribution >= 0.6 is 0 Å². The Kier molecular flexibility index (Phi) is 4.92. The summed E-state index contributed by atoms with van der Waals surface area (Å²) < 4.78 is 0. The number of hydrogen-bond acceptors (Lipinski definition) is 4. The predicted octanol–water partition coefficient (Wildman–Crippen LogP) is 3.74. The zero-order valence-electron chi connectivity index (χ0n) is 14.2. The molecule has 0 aliphatic heterocycles. The lowest BCUT2D eigenvalue weighted by Gasteiger charge is -2.13. The largest absolute Gasteiger partial charge is 0.324 e. The molecule has 26 heavy (non-hydrogen) atoms. The highest BCUT2D eigenvalue weighted by atomic mass is 16.1. The van der Waals surface area contributed by atoms with E-state index in [1.54, 1.807) is 30.5 Å². The topological polar surface area (TPSA) is 89.6 Å². The first-order valence-corrected chi connectivity index (χ1v) is 8.16. The van der Waals surface area contributed by atoms with Crippen molar-refractivity contribution in [2.24, 2.45) is 5.92 Å². The van der Waals surface area contributed by atoms with E-state index in [-0.39, 0.29) is 12.3 Å². The third-order valence-electron chi connectivity index (χ3n) is 4.22. The number of aryl methyl sites for hydroxylation is 1. The number of pyridine rings is 1. The molecule has 1 heterocycles. The van der Waals surface area contributed by atoms with Crippen LogP contribution in [0.15, 0.2) is 54.7 Å². The minimum absolute atomic E-state index is 0.288. The van der Waals surface area contributed by atoms with Crippen molar-refractivity contribution >= 4 is 22.5 Å². The lowest BCUT2D eigenvalue weighted by Crippen LogP contribution is -2.23. The Morgan fingerprint density at radius 3 is 2.62 bits per heavy atom. The van der Waals surface area contributed by atoms with E-state index < -0.39 is 5.92 Å². The van der Waals surface area contributed by atoms with Crippen molar-refractivity contribution < 1.29 is 4.79 Å². The maximum atomic E-state index is 12.6. The second-order valence-corrected chi connectivity index (χ2v) is 6.01. The Bertz CT molecular complexity index is 1040. The molecule has 0 bridgehead atoms. The van der Waals surface area contributed by atoms with E-state index in [2.05, 4.69) is 16.4 Å². The molecule has 0 fully saturated rings. The van der Waals surface area contributed by atoms with E-state index in [0.29, 0.717) is 11.3 Å². The first kappa shape index (κ1) is 17.1. The molecule has 0 unspecified atom stereocenters. The zero-order valence-corrected chi connectivity index (χ0v) is 14.2. The molecule has 3 aromatic rings. The van der Waals surface area contributed by atoms with E-state index in [1.807, 2.05) is 37.3 Å². The van der Waals surface area contributed by atoms with Crippen LogP contribution < -0.4 is 5.32 Å². The van der Waals surface area contributed by atoms with Crippen molar-refractivity contribution in [1.29, 1.82) is 10.5 Å². The fourth-order valence-electron chi connectivity index (χ4n) is 2.79. The lowest BCUT2D eigenvalue weighted by molar-refractivity contribution is -0.118. The fraction of sp³-hybridized carbons (Fsp3) is 0.143. The van der Waals surface area contributed by atoms with Crippen LogP contribution in [0.3, 0.4) is 0 Å². The van der Waals surface area contributed by atoms with Crippen molar-refractivity contribution in [1.82, 2.24) is 4.98 Å². The van der Waals surface area contributed by atoms with E-state index in [0.717, 1.165) is 22.0 Å². The van der Waals surface area contributed by atoms with Gasteiger partial charge in [0.25, 0.3) is 0 Å². The van der Waals surface area contributed by atoms with E-state index >= 15 is 0 Å². The predicted molar refractivity (Wildman–Crippen MR) is 99.1 cm³/mol. The number of aromatic nitrogens is 1. The molecule has 1 aromatic heterocycles. The molecule has 0 aliphatic carbocycles. The van der Waals surface area contributed by atoms with Gasteiger partial charge in [-0.25, -0.2) is 0 Å². The molecule has 1 amide bonds. The van der Waals surface area contributed by atoms with Gasteiger partial charge in [0.1, 0.15) is 5.92 Å². The van der Waals surface area contributed by atoms with Crippen LogP contribution in [0.2, 0.25) is 0 Å². The SMILES string of the molecule is Cc1ccc(NC(=O)[C@@H](C#N)Cc2ccc(C#N)cc2)c2cccnc12. The van der Waals surface area contributed by atoms with Gasteiger partial charge in [-0.3, -0.25) is 9.78 Å². The van der Waals surface area contributed by atoms with Gasteiger partial charge in [0.05, 0.1) is 28.9 Å². The number of nitrogens with one attached hydrogen (secondary N) is 1. The summed E-state index contributed by atoms with van der Waals surface area (Å²) in [5.41, 5.74) is 3.87. The summed E-state index contributed by atoms with van der Waals surface area (Å²) in [6.45, 7) is 1.96. The molecule has 1 atom stereocenters. The summed E-state index contributed by atoms with van der Waals surface area (Å²) in [6.07, 6.45) is 2.00. The van der Waals surface area contributed by atoms with Gasteiger partial charge < -0.3 is 5.32 Å². The highest BCUT2D eigenvalue weighted by molar-refractivity contribution is 6.03. The number of hydrogen-bond donors (Lipinski definition) is 1. The van der Waals surface area contributed by atoms with Crippen LogP contribution in [0.4, 0.5) is 5.69 Å². The third-order valence-corrected chi connectivity index (χ3v) is 4.22. The first-order chi connectivity index (χ1) is 12.6. The highest BCUT2D eigenvalue weighted by Crippen LogP contribution is 2.25. The molecule has 1 N–H and O–H groups in total. The van der Waals surface area contributed by atoms with Crippen molar-refractivity contribution in [3.8, 4) is 12.1 Å². The number of nitriles is 2. The van der Waals surface area contributed by atoms with E-state index in [4.69, 9.17) is 5.26 Å². The van der Waals surface area contributed by atoms with Crippen molar-refractivity contribution in [3.63, 3.8) is 0 Å². The number of anilines is 1. The monoisotopic (exact) mass is 340 g/mol. The van der Waals surface area contributed by atoms with Gasteiger partial charge in [-0.15, -0.1) is 0 Å². The number of carbonyl (C=O) groups is 1. The molecule has 126 valence electrons. The van der Waals surface area contributed by atoms with Crippen molar-refractivity contribution in [3.05, 3.63) is 71.4 Å². The number of rotatable bonds is 4. The maximum Gasteiger partial charge on any atom is 0.242 e. The quantitative estimate of drug-likeness (QED) is 0.783. The minimum Gasteiger partial charge on any atom is -0.324 e. The smallest absolute Gasteiger partial charge is 0.242 e. The van der Waals surface area contributed by atoms with Crippen LogP contribution in [-0.2, 0) is 11.2 Å². The first-order valence-electron chi connectivity index (χ1n) is 8.16. The molecule has 0 saturated carbocycles. The van der Waals surface area contributed by atoms with Gasteiger partial charge in [-0.2, -0.15) is 10.5 Å². The molecular formula is C21H16N4O. The summed E-state index contributed by atoms with van der Waals surface area (Å²) in [7, 11) is 0. The Morgan fingerprint density at radius 1 is 1.15 bits per heavy atom. The van der Waals surface area contributed by atoms with E-state index in [1.165, 1.54) is 0 Å². The molecule has 5 heteroatoms. The standard InChI is InChI=1S/C21H16N4O/c1-14-4-9-19(18-3-2-10-24-20(14)18)25-21(26)17(13-23)11-15-5-7-16(12-22)8-6-15/h2-10,17H,11H2,1H3,(H,25,26)/t17-/m1/s1. The Labute approximate surface area is 151 Å². The van der Waals surface area contributed by atoms with Gasteiger partial charge >= 0.3 is 0 Å². The minimum atomic E-state index is -0.823. The summed E-state index contributed by atoms with van der Waals surface area (Å²) in [4.78, 5) is 16.9. The summed E-state index contributed by atoms with van der Waals surface area (Å²) in [5.74, 6) is -1.18. The maximum absolute atomic E-state index is 12.6. The Morgan fingerprint density at radius 2 is 1.92 bits per heavy atom. The van der Waals surface area contributed by atoms with Gasteiger partial charge in [-0.05, 0) is 54.8 Å². The van der Waals surface area contributed by atoms with Gasteiger partial charge in [0.15, 0.2) is 0 Å². The number of fused-ring (bicyclic) bond motifs is 1. The normalized spacial score (nSPS) is 11.3. The van der Waals surface area contributed by atoms with E-state index in [9.17, 15) is 10.1 Å². The average molecular weight is 340 g/mol. The highest BCUT2D eigenvalue weighted by Gasteiger charge is 2.19. The Hall–Kier alpha value is -3.70. The number of carbonyl (C=O) groups excluding carboxylic acids is 1. The molecule has 0 radical (unpaired) electrons. The third kappa shape index (κ3) is 3.53. The second-order valence-electron chi connectivity index (χ2n) is 6.01. The lowest BCUT2D eigenvalue weighted by atomic mass is 9.98. The molecule has 0 saturated heterocycles. The molecule has 3 rings (SSSR count). The Balaban J connectivity index is 1.81. The van der Waals surface area contributed by atoms with Crippen LogP contribution in [0.5, 0.6) is 0 Å². The molecule has 0 spiro atoms. The molecule has 0 aliphatic rings. The zero-order chi connectivity index (χ0) is 18.5. The van der Waals surface area contributed by atoms with Crippen LogP contribution in [0.1, 0.15) is 16.7 Å². The molecule has 2 aromatic carbocycles. The summed E-state index contributed by atoms with van der Waals surface area (Å²) >= 11 is 0. The van der Waals surface area contributed by atoms with Crippen LogP contribution in [0, 0.1) is 35.5 Å². The van der Waals surface area contributed by atoms with Crippen molar-refractivity contribution in [2.45, 2.75) is 13.3 Å². The summed E-state index contributed by atoms with van der Waals surface area (Å²) in [6, 6.07) is 18.4. The number of amides is 1. The van der Waals surface area contributed by atoms with Gasteiger partial charge in [0.2, 0.25) is 5.91 Å². The van der Waals surface area contributed by atoms with Gasteiger partial charge in [0, 0.05) is 11.6 Å². The molecule has 5 nitrogen and oxygen atoms in total. The van der Waals surface area contributed by atoms with Gasteiger partial charge in [-0.1, -0.05) is 18.2 Å². The average Bonchev–Trinajstić information content (AvgIpc) is 2.69. The van der Waals surface area contributed by atoms with Crippen LogP contribution in [-0.4, -0.2) is 10.9 Å². The second kappa shape index (κ2) is 7.46. The number of benzene rings is 2. The number of nitrogens with zero attached hydrogens (tertiary/aromatic N) is 3.